The number of aryl methyl sites for hydroxylation is 1. The van der Waals surface area contributed by atoms with Crippen LogP contribution >= 0.6 is 0 Å². The lowest BCUT2D eigenvalue weighted by Gasteiger charge is -2.15. The summed E-state index contributed by atoms with van der Waals surface area (Å²) < 4.78 is 13.3. The summed E-state index contributed by atoms with van der Waals surface area (Å²) in [6, 6.07) is 3.74. The summed E-state index contributed by atoms with van der Waals surface area (Å²) in [5, 5.41) is 5.25. The molecule has 0 saturated heterocycles. The van der Waals surface area contributed by atoms with Crippen LogP contribution in [-0.4, -0.2) is 30.9 Å². The Morgan fingerprint density at radius 3 is 2.43 bits per heavy atom. The summed E-state index contributed by atoms with van der Waals surface area (Å²) in [5.74, 6) is -0.995. The maximum atomic E-state index is 13.3. The van der Waals surface area contributed by atoms with E-state index in [1.807, 2.05) is 13.8 Å². The van der Waals surface area contributed by atoms with Crippen LogP contribution in [0.4, 0.5) is 4.39 Å². The van der Waals surface area contributed by atoms with Crippen molar-refractivity contribution in [1.82, 2.24) is 10.6 Å². The van der Waals surface area contributed by atoms with Crippen LogP contribution in [0.1, 0.15) is 29.8 Å². The summed E-state index contributed by atoms with van der Waals surface area (Å²) in [4.78, 5) is 23.4. The second-order valence-corrected chi connectivity index (χ2v) is 5.28. The van der Waals surface area contributed by atoms with Crippen LogP contribution in [0.15, 0.2) is 18.2 Å². The molecule has 21 heavy (non-hydrogen) atoms. The molecule has 2 amide bonds. The van der Waals surface area contributed by atoms with Gasteiger partial charge in [-0.2, -0.15) is 0 Å². The van der Waals surface area contributed by atoms with E-state index in [4.69, 9.17) is 5.73 Å². The van der Waals surface area contributed by atoms with Crippen molar-refractivity contribution in [3.05, 3.63) is 35.1 Å². The second-order valence-electron chi connectivity index (χ2n) is 5.28. The van der Waals surface area contributed by atoms with Gasteiger partial charge in [0.15, 0.2) is 0 Å². The molecular formula is C15H22FN3O2. The quantitative estimate of drug-likeness (QED) is 0.684. The number of hydrogen-bond donors (Lipinski definition) is 3. The predicted molar refractivity (Wildman–Crippen MR) is 79.3 cm³/mol. The van der Waals surface area contributed by atoms with E-state index in [0.717, 1.165) is 0 Å². The largest absolute Gasteiger partial charge is 0.353 e. The van der Waals surface area contributed by atoms with Crippen LogP contribution in [0.5, 0.6) is 0 Å². The molecule has 1 aromatic rings. The predicted octanol–water partition coefficient (Wildman–Crippen LogP) is 0.963. The standard InChI is InChI=1S/C15H22FN3O2/c1-9(2)13(17)15(21)19-7-6-18-14(20)11-5-4-10(3)12(16)8-11/h4-5,8-9,13H,6-7,17H2,1-3H3,(H,18,20)(H,19,21)/t13-/m0/s1. The maximum Gasteiger partial charge on any atom is 0.251 e. The normalized spacial score (nSPS) is 12.1. The topological polar surface area (TPSA) is 84.2 Å². The Labute approximate surface area is 124 Å². The number of benzene rings is 1. The highest BCUT2D eigenvalue weighted by atomic mass is 19.1. The van der Waals surface area contributed by atoms with Gasteiger partial charge in [-0.05, 0) is 30.5 Å². The molecule has 0 aliphatic heterocycles. The van der Waals surface area contributed by atoms with Gasteiger partial charge in [-0.25, -0.2) is 4.39 Å². The van der Waals surface area contributed by atoms with E-state index in [1.54, 1.807) is 19.1 Å². The molecule has 116 valence electrons. The highest BCUT2D eigenvalue weighted by Crippen LogP contribution is 2.08. The minimum Gasteiger partial charge on any atom is -0.353 e. The number of carbonyl (C=O) groups is 2. The van der Waals surface area contributed by atoms with Crippen molar-refractivity contribution in [3.63, 3.8) is 0 Å². The lowest BCUT2D eigenvalue weighted by Crippen LogP contribution is -2.46. The Kier molecular flexibility index (Phi) is 6.30. The van der Waals surface area contributed by atoms with Gasteiger partial charge in [-0.15, -0.1) is 0 Å². The SMILES string of the molecule is Cc1ccc(C(=O)NCCNC(=O)[C@@H](N)C(C)C)cc1F. The van der Waals surface area contributed by atoms with Crippen LogP contribution in [0.25, 0.3) is 0 Å². The maximum absolute atomic E-state index is 13.3. The van der Waals surface area contributed by atoms with E-state index in [-0.39, 0.29) is 36.4 Å². The summed E-state index contributed by atoms with van der Waals surface area (Å²) >= 11 is 0. The number of nitrogens with one attached hydrogen (secondary N) is 2. The van der Waals surface area contributed by atoms with Gasteiger partial charge < -0.3 is 16.4 Å². The number of halogens is 1. The van der Waals surface area contributed by atoms with E-state index in [9.17, 15) is 14.0 Å². The number of carbonyl (C=O) groups excluding carboxylic acids is 2. The Morgan fingerprint density at radius 1 is 1.24 bits per heavy atom. The van der Waals surface area contributed by atoms with Gasteiger partial charge in [0.2, 0.25) is 5.91 Å². The Balaban J connectivity index is 2.37. The van der Waals surface area contributed by atoms with Gasteiger partial charge in [0, 0.05) is 18.7 Å². The molecule has 0 heterocycles. The van der Waals surface area contributed by atoms with Crippen molar-refractivity contribution < 1.29 is 14.0 Å². The third-order valence-corrected chi connectivity index (χ3v) is 3.16. The molecule has 5 nitrogen and oxygen atoms in total. The number of hydrogen-bond acceptors (Lipinski definition) is 3. The zero-order valence-corrected chi connectivity index (χ0v) is 12.6. The molecule has 0 saturated carbocycles. The Bertz CT molecular complexity index is 518. The van der Waals surface area contributed by atoms with E-state index in [1.165, 1.54) is 6.07 Å². The Morgan fingerprint density at radius 2 is 1.86 bits per heavy atom. The molecule has 0 unspecified atom stereocenters. The average molecular weight is 295 g/mol. The van der Waals surface area contributed by atoms with Crippen molar-refractivity contribution in [3.8, 4) is 0 Å². The summed E-state index contributed by atoms with van der Waals surface area (Å²) in [5.41, 5.74) is 6.42. The minimum atomic E-state index is -0.563. The second kappa shape index (κ2) is 7.73. The van der Waals surface area contributed by atoms with E-state index >= 15 is 0 Å². The number of nitrogens with two attached hydrogens (primary N) is 1. The van der Waals surface area contributed by atoms with Crippen LogP contribution in [-0.2, 0) is 4.79 Å². The summed E-state index contributed by atoms with van der Waals surface area (Å²) in [6.07, 6.45) is 0. The molecule has 1 atom stereocenters. The van der Waals surface area contributed by atoms with E-state index in [2.05, 4.69) is 10.6 Å². The molecule has 0 fully saturated rings. The lowest BCUT2D eigenvalue weighted by atomic mass is 10.1. The van der Waals surface area contributed by atoms with Gasteiger partial charge >= 0.3 is 0 Å². The minimum absolute atomic E-state index is 0.0510. The van der Waals surface area contributed by atoms with Gasteiger partial charge in [0.05, 0.1) is 6.04 Å². The molecule has 1 aromatic carbocycles. The van der Waals surface area contributed by atoms with E-state index in [0.29, 0.717) is 5.56 Å². The molecule has 0 aliphatic rings. The van der Waals surface area contributed by atoms with Crippen molar-refractivity contribution >= 4 is 11.8 Å². The number of rotatable bonds is 6. The van der Waals surface area contributed by atoms with Crippen LogP contribution in [0.2, 0.25) is 0 Å². The van der Waals surface area contributed by atoms with Crippen molar-refractivity contribution in [2.24, 2.45) is 11.7 Å². The first-order valence-corrected chi connectivity index (χ1v) is 6.90. The molecule has 0 spiro atoms. The van der Waals surface area contributed by atoms with Crippen molar-refractivity contribution in [1.29, 1.82) is 0 Å². The van der Waals surface area contributed by atoms with Crippen molar-refractivity contribution in [2.75, 3.05) is 13.1 Å². The van der Waals surface area contributed by atoms with Gasteiger partial charge in [-0.3, -0.25) is 9.59 Å². The molecule has 0 radical (unpaired) electrons. The fourth-order valence-corrected chi connectivity index (χ4v) is 1.62. The average Bonchev–Trinajstić information content (AvgIpc) is 2.44. The van der Waals surface area contributed by atoms with Gasteiger partial charge in [0.1, 0.15) is 5.82 Å². The highest BCUT2D eigenvalue weighted by molar-refractivity contribution is 5.94. The van der Waals surface area contributed by atoms with Crippen LogP contribution in [0, 0.1) is 18.7 Å². The molecule has 4 N–H and O–H groups in total. The molecule has 0 aromatic heterocycles. The first-order valence-electron chi connectivity index (χ1n) is 6.90. The van der Waals surface area contributed by atoms with Crippen LogP contribution in [0.3, 0.4) is 0 Å². The van der Waals surface area contributed by atoms with Crippen molar-refractivity contribution in [2.45, 2.75) is 26.8 Å². The highest BCUT2D eigenvalue weighted by Gasteiger charge is 2.16. The third-order valence-electron chi connectivity index (χ3n) is 3.16. The molecule has 0 aliphatic carbocycles. The zero-order valence-electron chi connectivity index (χ0n) is 12.6. The third kappa shape index (κ3) is 5.15. The lowest BCUT2D eigenvalue weighted by molar-refractivity contribution is -0.123. The molecular weight excluding hydrogens is 273 g/mol. The first kappa shape index (κ1) is 17.1. The Hall–Kier alpha value is -1.95. The first-order chi connectivity index (χ1) is 9.82. The zero-order chi connectivity index (χ0) is 16.0. The smallest absolute Gasteiger partial charge is 0.251 e. The van der Waals surface area contributed by atoms with Crippen LogP contribution < -0.4 is 16.4 Å². The van der Waals surface area contributed by atoms with E-state index < -0.39 is 11.9 Å². The van der Waals surface area contributed by atoms with Gasteiger partial charge in [-0.1, -0.05) is 19.9 Å². The molecule has 0 bridgehead atoms. The fourth-order valence-electron chi connectivity index (χ4n) is 1.62. The summed E-state index contributed by atoms with van der Waals surface area (Å²) in [6.45, 7) is 5.88. The molecule has 1 rings (SSSR count). The van der Waals surface area contributed by atoms with Gasteiger partial charge in [0.25, 0.3) is 5.91 Å². The molecule has 6 heteroatoms. The number of amides is 2. The summed E-state index contributed by atoms with van der Waals surface area (Å²) in [7, 11) is 0. The monoisotopic (exact) mass is 295 g/mol. The fraction of sp³-hybridized carbons (Fsp3) is 0.467.